The lowest BCUT2D eigenvalue weighted by Gasteiger charge is -2.09. The van der Waals surface area contributed by atoms with E-state index in [0.717, 1.165) is 25.7 Å². The Morgan fingerprint density at radius 2 is 1.88 bits per heavy atom. The zero-order valence-electron chi connectivity index (χ0n) is 12.8. The lowest BCUT2D eigenvalue weighted by molar-refractivity contribution is -0.153. The Bertz CT molecular complexity index is 699. The molecule has 1 aliphatic rings. The molecular formula is C17H16F3NO2S. The number of fused-ring (bicyclic) bond motifs is 1. The number of carbonyl (C=O) groups is 1. The fourth-order valence-electron chi connectivity index (χ4n) is 2.59. The molecule has 0 atom stereocenters. The molecule has 128 valence electrons. The first-order valence-corrected chi connectivity index (χ1v) is 8.45. The fourth-order valence-corrected chi connectivity index (χ4v) is 3.74. The van der Waals surface area contributed by atoms with Crippen LogP contribution in [-0.2, 0) is 12.8 Å². The number of carbonyl (C=O) groups excluding carboxylic acids is 1. The van der Waals surface area contributed by atoms with Crippen LogP contribution in [0.25, 0.3) is 0 Å². The van der Waals surface area contributed by atoms with E-state index in [2.05, 4.69) is 10.1 Å². The van der Waals surface area contributed by atoms with Gasteiger partial charge in [0.25, 0.3) is 5.91 Å². The van der Waals surface area contributed by atoms with E-state index >= 15 is 0 Å². The van der Waals surface area contributed by atoms with E-state index in [1.807, 2.05) is 6.07 Å². The molecule has 0 fully saturated rings. The Kier molecular flexibility index (Phi) is 4.80. The molecule has 24 heavy (non-hydrogen) atoms. The topological polar surface area (TPSA) is 38.3 Å². The van der Waals surface area contributed by atoms with Crippen LogP contribution in [-0.4, -0.2) is 18.7 Å². The number of benzene rings is 1. The number of halogens is 3. The van der Waals surface area contributed by atoms with Gasteiger partial charge in [-0.1, -0.05) is 0 Å². The van der Waals surface area contributed by atoms with E-state index < -0.39 is 12.8 Å². The van der Waals surface area contributed by atoms with Crippen molar-refractivity contribution in [2.75, 3.05) is 11.9 Å². The van der Waals surface area contributed by atoms with Crippen molar-refractivity contribution in [1.29, 1.82) is 0 Å². The maximum atomic E-state index is 12.3. The van der Waals surface area contributed by atoms with E-state index in [0.29, 0.717) is 10.6 Å². The Labute approximate surface area is 141 Å². The second-order valence-electron chi connectivity index (χ2n) is 5.65. The highest BCUT2D eigenvalue weighted by Gasteiger charge is 2.28. The molecule has 0 bridgehead atoms. The van der Waals surface area contributed by atoms with Crippen molar-refractivity contribution in [3.8, 4) is 5.75 Å². The van der Waals surface area contributed by atoms with Crippen molar-refractivity contribution in [2.24, 2.45) is 0 Å². The van der Waals surface area contributed by atoms with Gasteiger partial charge in [-0.15, -0.1) is 11.3 Å². The van der Waals surface area contributed by atoms with Gasteiger partial charge in [0.2, 0.25) is 0 Å². The predicted octanol–water partition coefficient (Wildman–Crippen LogP) is 4.82. The molecule has 3 rings (SSSR count). The van der Waals surface area contributed by atoms with E-state index in [1.54, 1.807) is 0 Å². The molecule has 1 aromatic carbocycles. The maximum absolute atomic E-state index is 12.3. The minimum atomic E-state index is -4.37. The van der Waals surface area contributed by atoms with Crippen molar-refractivity contribution in [1.82, 2.24) is 0 Å². The first-order chi connectivity index (χ1) is 11.4. The summed E-state index contributed by atoms with van der Waals surface area (Å²) in [6.07, 6.45) is -0.00775. The van der Waals surface area contributed by atoms with Crippen LogP contribution in [0.5, 0.6) is 5.75 Å². The summed E-state index contributed by atoms with van der Waals surface area (Å²) in [5, 5.41) is 2.76. The Morgan fingerprint density at radius 3 is 2.54 bits per heavy atom. The van der Waals surface area contributed by atoms with Crippen molar-refractivity contribution in [3.05, 3.63) is 45.6 Å². The summed E-state index contributed by atoms with van der Waals surface area (Å²) in [4.78, 5) is 14.2. The van der Waals surface area contributed by atoms with Crippen LogP contribution < -0.4 is 10.1 Å². The van der Waals surface area contributed by atoms with Crippen LogP contribution in [0.1, 0.15) is 33.0 Å². The number of rotatable bonds is 4. The van der Waals surface area contributed by atoms with Crippen molar-refractivity contribution in [2.45, 2.75) is 31.9 Å². The molecule has 2 aromatic rings. The number of hydrogen-bond donors (Lipinski definition) is 1. The van der Waals surface area contributed by atoms with E-state index in [1.165, 1.54) is 46.0 Å². The monoisotopic (exact) mass is 355 g/mol. The van der Waals surface area contributed by atoms with Crippen LogP contribution in [0.2, 0.25) is 0 Å². The van der Waals surface area contributed by atoms with Gasteiger partial charge in [0, 0.05) is 10.6 Å². The number of aryl methyl sites for hydroxylation is 2. The summed E-state index contributed by atoms with van der Waals surface area (Å²) in [5.74, 6) is -0.0877. The Balaban J connectivity index is 1.61. The summed E-state index contributed by atoms with van der Waals surface area (Å²) in [5.41, 5.74) is 1.78. The second-order valence-corrected chi connectivity index (χ2v) is 6.79. The van der Waals surface area contributed by atoms with Crippen molar-refractivity contribution in [3.63, 3.8) is 0 Å². The Morgan fingerprint density at radius 1 is 1.17 bits per heavy atom. The molecule has 0 spiro atoms. The van der Waals surface area contributed by atoms with Gasteiger partial charge in [-0.25, -0.2) is 0 Å². The highest BCUT2D eigenvalue weighted by Crippen LogP contribution is 2.30. The van der Waals surface area contributed by atoms with Crippen LogP contribution in [0.3, 0.4) is 0 Å². The molecule has 0 aliphatic heterocycles. The standard InChI is InChI=1S/C17H16F3NO2S/c18-17(19,20)10-23-13-7-5-12(6-8-13)21-16(22)15-9-11-3-1-2-4-14(11)24-15/h5-9H,1-4,10H2,(H,21,22). The molecule has 1 heterocycles. The smallest absolute Gasteiger partial charge is 0.422 e. The lowest BCUT2D eigenvalue weighted by Crippen LogP contribution is -2.19. The van der Waals surface area contributed by atoms with Gasteiger partial charge in [0.15, 0.2) is 6.61 Å². The third-order valence-corrected chi connectivity index (χ3v) is 4.97. The van der Waals surface area contributed by atoms with Gasteiger partial charge < -0.3 is 10.1 Å². The molecule has 1 amide bonds. The average molecular weight is 355 g/mol. The summed E-state index contributed by atoms with van der Waals surface area (Å²) in [6.45, 7) is -1.33. The SMILES string of the molecule is O=C(Nc1ccc(OCC(F)(F)F)cc1)c1cc2c(s1)CCCC2. The van der Waals surface area contributed by atoms with Gasteiger partial charge >= 0.3 is 6.18 Å². The minimum absolute atomic E-state index is 0.108. The van der Waals surface area contributed by atoms with Crippen molar-refractivity contribution < 1.29 is 22.7 Å². The lowest BCUT2D eigenvalue weighted by atomic mass is 9.99. The number of nitrogens with one attached hydrogen (secondary N) is 1. The molecule has 1 N–H and O–H groups in total. The molecule has 1 aliphatic carbocycles. The average Bonchev–Trinajstić information content (AvgIpc) is 2.98. The number of thiophene rings is 1. The summed E-state index contributed by atoms with van der Waals surface area (Å²) in [6, 6.07) is 7.80. The van der Waals surface area contributed by atoms with Crippen LogP contribution in [0, 0.1) is 0 Å². The highest BCUT2D eigenvalue weighted by atomic mass is 32.1. The van der Waals surface area contributed by atoms with E-state index in [-0.39, 0.29) is 11.7 Å². The molecule has 0 radical (unpaired) electrons. The van der Waals surface area contributed by atoms with Gasteiger partial charge in [0.1, 0.15) is 5.75 Å². The number of ether oxygens (including phenoxy) is 1. The quantitative estimate of drug-likeness (QED) is 0.854. The largest absolute Gasteiger partial charge is 0.484 e. The van der Waals surface area contributed by atoms with Gasteiger partial charge in [-0.05, 0) is 61.6 Å². The zero-order valence-corrected chi connectivity index (χ0v) is 13.6. The van der Waals surface area contributed by atoms with Crippen LogP contribution in [0.4, 0.5) is 18.9 Å². The predicted molar refractivity (Wildman–Crippen MR) is 86.9 cm³/mol. The summed E-state index contributed by atoms with van der Waals surface area (Å²) in [7, 11) is 0. The van der Waals surface area contributed by atoms with Gasteiger partial charge in [0.05, 0.1) is 4.88 Å². The number of amides is 1. The highest BCUT2D eigenvalue weighted by molar-refractivity contribution is 7.14. The van der Waals surface area contributed by atoms with E-state index in [9.17, 15) is 18.0 Å². The molecule has 3 nitrogen and oxygen atoms in total. The minimum Gasteiger partial charge on any atom is -0.484 e. The molecule has 0 unspecified atom stereocenters. The zero-order chi connectivity index (χ0) is 17.2. The van der Waals surface area contributed by atoms with Crippen molar-refractivity contribution >= 4 is 22.9 Å². The molecule has 0 saturated heterocycles. The third-order valence-electron chi connectivity index (χ3n) is 3.74. The fraction of sp³-hybridized carbons (Fsp3) is 0.353. The molecule has 7 heteroatoms. The van der Waals surface area contributed by atoms with Gasteiger partial charge in [-0.3, -0.25) is 4.79 Å². The first kappa shape index (κ1) is 16.8. The number of hydrogen-bond acceptors (Lipinski definition) is 3. The molecule has 0 saturated carbocycles. The molecular weight excluding hydrogens is 339 g/mol. The summed E-state index contributed by atoms with van der Waals surface area (Å²) >= 11 is 1.51. The first-order valence-electron chi connectivity index (χ1n) is 7.63. The normalized spacial score (nSPS) is 14.1. The number of alkyl halides is 3. The summed E-state index contributed by atoms with van der Waals surface area (Å²) < 4.78 is 40.9. The maximum Gasteiger partial charge on any atom is 0.422 e. The molecule has 1 aromatic heterocycles. The van der Waals surface area contributed by atoms with Crippen LogP contribution in [0.15, 0.2) is 30.3 Å². The van der Waals surface area contributed by atoms with Crippen LogP contribution >= 0.6 is 11.3 Å². The van der Waals surface area contributed by atoms with Gasteiger partial charge in [-0.2, -0.15) is 13.2 Å². The Hall–Kier alpha value is -2.02. The second kappa shape index (κ2) is 6.84. The van der Waals surface area contributed by atoms with E-state index in [4.69, 9.17) is 0 Å². The third kappa shape index (κ3) is 4.29. The number of anilines is 1.